The number of carboxylic acid groups (broad SMARTS) is 1. The van der Waals surface area contributed by atoms with Crippen molar-refractivity contribution in [2.75, 3.05) is 13.1 Å². The molecule has 7 heteroatoms. The fourth-order valence-electron chi connectivity index (χ4n) is 2.47. The van der Waals surface area contributed by atoms with Gasteiger partial charge in [-0.25, -0.2) is 4.79 Å². The highest BCUT2D eigenvalue weighted by Gasteiger charge is 2.36. The Labute approximate surface area is 124 Å². The minimum atomic E-state index is -0.893. The highest BCUT2D eigenvalue weighted by atomic mass is 16.4. The second-order valence-electron chi connectivity index (χ2n) is 5.41. The molecule has 1 N–H and O–H groups in total. The van der Waals surface area contributed by atoms with Crippen LogP contribution in [0.15, 0.2) is 5.11 Å². The number of azide groups is 1. The molecule has 1 aliphatic heterocycles. The van der Waals surface area contributed by atoms with Gasteiger partial charge >= 0.3 is 5.97 Å². The van der Waals surface area contributed by atoms with Crippen molar-refractivity contribution in [3.05, 3.63) is 10.4 Å². The van der Waals surface area contributed by atoms with E-state index in [1.54, 1.807) is 0 Å². The molecule has 0 aromatic rings. The Kier molecular flexibility index (Phi) is 8.28. The van der Waals surface area contributed by atoms with Crippen LogP contribution < -0.4 is 0 Å². The molecule has 0 aromatic carbocycles. The molecule has 1 heterocycles. The summed E-state index contributed by atoms with van der Waals surface area (Å²) in [7, 11) is 0. The average molecular weight is 296 g/mol. The van der Waals surface area contributed by atoms with Gasteiger partial charge in [-0.1, -0.05) is 37.2 Å². The zero-order chi connectivity index (χ0) is 15.5. The van der Waals surface area contributed by atoms with E-state index in [1.165, 1.54) is 4.90 Å². The summed E-state index contributed by atoms with van der Waals surface area (Å²) >= 11 is 0. The van der Waals surface area contributed by atoms with Crippen molar-refractivity contribution in [3.63, 3.8) is 0 Å². The number of hydrogen-bond acceptors (Lipinski definition) is 3. The van der Waals surface area contributed by atoms with Gasteiger partial charge in [-0.2, -0.15) is 0 Å². The molecule has 0 radical (unpaired) electrons. The minimum Gasteiger partial charge on any atom is -0.480 e. The average Bonchev–Trinajstić information content (AvgIpc) is 2.39. The van der Waals surface area contributed by atoms with Gasteiger partial charge in [0.2, 0.25) is 5.91 Å². The number of carbonyl (C=O) groups excluding carboxylic acids is 1. The van der Waals surface area contributed by atoms with E-state index < -0.39 is 12.0 Å². The van der Waals surface area contributed by atoms with E-state index in [4.69, 9.17) is 10.6 Å². The van der Waals surface area contributed by atoms with Gasteiger partial charge in [-0.3, -0.25) is 4.79 Å². The molecule has 0 bridgehead atoms. The molecule has 0 saturated carbocycles. The van der Waals surface area contributed by atoms with Crippen LogP contribution in [0.1, 0.15) is 57.8 Å². The summed E-state index contributed by atoms with van der Waals surface area (Å²) in [6.45, 7) is 1.16. The number of nitrogens with zero attached hydrogens (tertiary/aromatic N) is 4. The van der Waals surface area contributed by atoms with Crippen LogP contribution in [0.25, 0.3) is 10.4 Å². The number of unbranched alkanes of at least 4 members (excludes halogenated alkanes) is 6. The molecular weight excluding hydrogens is 272 g/mol. The van der Waals surface area contributed by atoms with E-state index in [0.717, 1.165) is 44.9 Å². The lowest BCUT2D eigenvalue weighted by atomic mass is 10.0. The molecule has 1 saturated heterocycles. The summed E-state index contributed by atoms with van der Waals surface area (Å²) in [6, 6.07) is -0.589. The lowest BCUT2D eigenvalue weighted by Crippen LogP contribution is -2.55. The van der Waals surface area contributed by atoms with E-state index in [9.17, 15) is 9.59 Å². The maximum absolute atomic E-state index is 11.8. The fraction of sp³-hybridized carbons (Fsp3) is 0.857. The first-order chi connectivity index (χ1) is 10.2. The lowest BCUT2D eigenvalue weighted by molar-refractivity contribution is -0.157. The van der Waals surface area contributed by atoms with Crippen molar-refractivity contribution < 1.29 is 14.7 Å². The molecule has 1 amide bonds. The van der Waals surface area contributed by atoms with Crippen molar-refractivity contribution in [2.24, 2.45) is 5.11 Å². The smallest absolute Gasteiger partial charge is 0.326 e. The van der Waals surface area contributed by atoms with Crippen molar-refractivity contribution >= 4 is 11.9 Å². The summed E-state index contributed by atoms with van der Waals surface area (Å²) < 4.78 is 0. The van der Waals surface area contributed by atoms with Crippen LogP contribution >= 0.6 is 0 Å². The molecule has 1 aliphatic rings. The number of carbonyl (C=O) groups is 2. The zero-order valence-corrected chi connectivity index (χ0v) is 12.4. The van der Waals surface area contributed by atoms with Crippen molar-refractivity contribution in [1.29, 1.82) is 0 Å². The molecule has 0 spiro atoms. The van der Waals surface area contributed by atoms with Crippen LogP contribution in [0.2, 0.25) is 0 Å². The van der Waals surface area contributed by atoms with E-state index >= 15 is 0 Å². The maximum Gasteiger partial charge on any atom is 0.326 e. The first kappa shape index (κ1) is 17.3. The fourth-order valence-corrected chi connectivity index (χ4v) is 2.47. The summed E-state index contributed by atoms with van der Waals surface area (Å²) in [5.41, 5.74) is 8.11. The molecule has 118 valence electrons. The number of amides is 1. The van der Waals surface area contributed by atoms with Crippen molar-refractivity contribution in [3.8, 4) is 0 Å². The number of likely N-dealkylation sites (tertiary alicyclic amines) is 1. The Morgan fingerprint density at radius 1 is 1.14 bits per heavy atom. The van der Waals surface area contributed by atoms with Gasteiger partial charge in [0.15, 0.2) is 0 Å². The third kappa shape index (κ3) is 6.49. The molecule has 0 aromatic heterocycles. The van der Waals surface area contributed by atoms with Crippen molar-refractivity contribution in [1.82, 2.24) is 4.90 Å². The van der Waals surface area contributed by atoms with Crippen LogP contribution in [0.3, 0.4) is 0 Å². The zero-order valence-electron chi connectivity index (χ0n) is 12.4. The van der Waals surface area contributed by atoms with Crippen LogP contribution in [0, 0.1) is 0 Å². The van der Waals surface area contributed by atoms with E-state index in [2.05, 4.69) is 10.0 Å². The van der Waals surface area contributed by atoms with Gasteiger partial charge in [0.1, 0.15) is 6.04 Å². The van der Waals surface area contributed by atoms with Crippen LogP contribution in [-0.2, 0) is 9.59 Å². The Morgan fingerprint density at radius 2 is 1.76 bits per heavy atom. The number of rotatable bonds is 11. The maximum atomic E-state index is 11.8. The predicted molar refractivity (Wildman–Crippen MR) is 78.7 cm³/mol. The molecule has 1 atom stereocenters. The molecular formula is C14H24N4O3. The van der Waals surface area contributed by atoms with Crippen LogP contribution in [-0.4, -0.2) is 41.0 Å². The summed E-state index contributed by atoms with van der Waals surface area (Å²) in [5, 5.41) is 12.4. The highest BCUT2D eigenvalue weighted by molar-refractivity contribution is 5.85. The minimum absolute atomic E-state index is 0.0250. The first-order valence-corrected chi connectivity index (χ1v) is 7.70. The first-order valence-electron chi connectivity index (χ1n) is 7.70. The molecule has 1 unspecified atom stereocenters. The quantitative estimate of drug-likeness (QED) is 0.274. The topological polar surface area (TPSA) is 106 Å². The third-order valence-electron chi connectivity index (χ3n) is 3.84. The van der Waals surface area contributed by atoms with Gasteiger partial charge in [0.25, 0.3) is 0 Å². The Morgan fingerprint density at radius 3 is 2.29 bits per heavy atom. The number of aliphatic carboxylic acids is 1. The van der Waals surface area contributed by atoms with E-state index in [0.29, 0.717) is 25.9 Å². The van der Waals surface area contributed by atoms with E-state index in [1.807, 2.05) is 0 Å². The molecule has 0 aliphatic carbocycles. The highest BCUT2D eigenvalue weighted by Crippen LogP contribution is 2.19. The number of hydrogen-bond donors (Lipinski definition) is 1. The molecule has 1 fully saturated rings. The Balaban J connectivity index is 1.93. The molecule has 21 heavy (non-hydrogen) atoms. The second-order valence-corrected chi connectivity index (χ2v) is 5.41. The molecule has 1 rings (SSSR count). The number of carboxylic acids is 1. The normalized spacial score (nSPS) is 17.0. The Hall–Kier alpha value is -1.75. The molecule has 7 nitrogen and oxygen atoms in total. The van der Waals surface area contributed by atoms with Crippen molar-refractivity contribution in [2.45, 2.75) is 63.8 Å². The lowest BCUT2D eigenvalue weighted by Gasteiger charge is -2.38. The van der Waals surface area contributed by atoms with Gasteiger partial charge < -0.3 is 10.0 Å². The third-order valence-corrected chi connectivity index (χ3v) is 3.84. The summed E-state index contributed by atoms with van der Waals surface area (Å²) in [5.74, 6) is -0.918. The van der Waals surface area contributed by atoms with Crippen LogP contribution in [0.5, 0.6) is 0 Å². The Bertz CT molecular complexity index is 394. The predicted octanol–water partition coefficient (Wildman–Crippen LogP) is 3.10. The van der Waals surface area contributed by atoms with Crippen LogP contribution in [0.4, 0.5) is 0 Å². The largest absolute Gasteiger partial charge is 0.480 e. The monoisotopic (exact) mass is 296 g/mol. The SMILES string of the molecule is [N-]=[N+]=NCCCCCCCCCC(=O)N1CCC1C(=O)O. The van der Waals surface area contributed by atoms with Gasteiger partial charge in [0.05, 0.1) is 0 Å². The van der Waals surface area contributed by atoms with Gasteiger partial charge in [0, 0.05) is 24.4 Å². The second kappa shape index (κ2) is 10.0. The van der Waals surface area contributed by atoms with Gasteiger partial charge in [-0.15, -0.1) is 0 Å². The standard InChI is InChI=1S/C14H24N4O3/c15-17-16-10-7-5-3-1-2-4-6-8-13(19)18-11-9-12(18)14(20)21/h12H,1-11H2,(H,20,21). The van der Waals surface area contributed by atoms with Gasteiger partial charge in [-0.05, 0) is 24.8 Å². The van der Waals surface area contributed by atoms with E-state index in [-0.39, 0.29) is 5.91 Å². The summed E-state index contributed by atoms with van der Waals surface area (Å²) in [6.07, 6.45) is 8.25. The summed E-state index contributed by atoms with van der Waals surface area (Å²) in [4.78, 5) is 26.8.